The first kappa shape index (κ1) is 16.3. The normalized spacial score (nSPS) is 27.9. The van der Waals surface area contributed by atoms with E-state index in [1.165, 1.54) is 12.8 Å². The summed E-state index contributed by atoms with van der Waals surface area (Å²) in [6.45, 7) is 6.06. The van der Waals surface area contributed by atoms with E-state index < -0.39 is 5.97 Å². The monoisotopic (exact) mass is 295 g/mol. The predicted molar refractivity (Wildman–Crippen MR) is 81.8 cm³/mol. The highest BCUT2D eigenvalue weighted by molar-refractivity contribution is 5.79. The number of piperidine rings is 1. The van der Waals surface area contributed by atoms with Crippen molar-refractivity contribution in [2.24, 2.45) is 23.7 Å². The van der Waals surface area contributed by atoms with E-state index in [4.69, 9.17) is 5.11 Å². The van der Waals surface area contributed by atoms with Gasteiger partial charge in [-0.05, 0) is 56.3 Å². The van der Waals surface area contributed by atoms with Crippen molar-refractivity contribution in [3.63, 3.8) is 0 Å². The lowest BCUT2D eigenvalue weighted by Crippen LogP contribution is -2.43. The zero-order chi connectivity index (χ0) is 15.4. The van der Waals surface area contributed by atoms with Gasteiger partial charge in [0.15, 0.2) is 0 Å². The summed E-state index contributed by atoms with van der Waals surface area (Å²) in [6.07, 6.45) is 6.39. The molecule has 2 rings (SSSR count). The van der Waals surface area contributed by atoms with Gasteiger partial charge < -0.3 is 10.0 Å². The van der Waals surface area contributed by atoms with Gasteiger partial charge in [0.05, 0.1) is 0 Å². The van der Waals surface area contributed by atoms with Gasteiger partial charge in [-0.25, -0.2) is 0 Å². The molecule has 0 spiro atoms. The van der Waals surface area contributed by atoms with Crippen LogP contribution in [0, 0.1) is 23.7 Å². The Balaban J connectivity index is 1.76. The molecular weight excluding hydrogens is 266 g/mol. The zero-order valence-electron chi connectivity index (χ0n) is 13.4. The molecular formula is C17H29NO3. The van der Waals surface area contributed by atoms with Gasteiger partial charge in [0.1, 0.15) is 0 Å². The largest absolute Gasteiger partial charge is 0.481 e. The van der Waals surface area contributed by atoms with Crippen LogP contribution < -0.4 is 0 Å². The molecule has 0 unspecified atom stereocenters. The van der Waals surface area contributed by atoms with Crippen LogP contribution in [-0.4, -0.2) is 35.0 Å². The maximum absolute atomic E-state index is 12.6. The summed E-state index contributed by atoms with van der Waals surface area (Å²) in [6, 6.07) is 0. The summed E-state index contributed by atoms with van der Waals surface area (Å²) in [4.78, 5) is 25.3. The van der Waals surface area contributed by atoms with E-state index in [-0.39, 0.29) is 18.3 Å². The number of nitrogens with zero attached hydrogens (tertiary/aromatic N) is 1. The van der Waals surface area contributed by atoms with E-state index >= 15 is 0 Å². The van der Waals surface area contributed by atoms with Gasteiger partial charge in [0.2, 0.25) is 5.91 Å². The summed E-state index contributed by atoms with van der Waals surface area (Å²) in [5.41, 5.74) is 0. The van der Waals surface area contributed by atoms with Crippen molar-refractivity contribution in [2.45, 2.75) is 58.8 Å². The van der Waals surface area contributed by atoms with E-state index in [0.29, 0.717) is 5.91 Å². The number of carbonyl (C=O) groups excluding carboxylic acids is 1. The Morgan fingerprint density at radius 1 is 1.05 bits per heavy atom. The lowest BCUT2D eigenvalue weighted by Gasteiger charge is -2.36. The third-order valence-corrected chi connectivity index (χ3v) is 5.45. The van der Waals surface area contributed by atoms with Crippen LogP contribution in [0.25, 0.3) is 0 Å². The minimum absolute atomic E-state index is 0.219. The van der Waals surface area contributed by atoms with Gasteiger partial charge in [-0.15, -0.1) is 0 Å². The molecule has 1 aliphatic heterocycles. The number of carboxylic acids is 1. The van der Waals surface area contributed by atoms with Crippen LogP contribution in [-0.2, 0) is 9.59 Å². The molecule has 0 radical (unpaired) electrons. The van der Waals surface area contributed by atoms with Crippen LogP contribution in [0.5, 0.6) is 0 Å². The van der Waals surface area contributed by atoms with Crippen LogP contribution in [0.4, 0.5) is 0 Å². The molecule has 1 saturated carbocycles. The predicted octanol–water partition coefficient (Wildman–Crippen LogP) is 3.16. The van der Waals surface area contributed by atoms with E-state index in [1.54, 1.807) is 0 Å². The Morgan fingerprint density at radius 3 is 2.10 bits per heavy atom. The molecule has 1 saturated heterocycles. The molecule has 4 nitrogen and oxygen atoms in total. The summed E-state index contributed by atoms with van der Waals surface area (Å²) < 4.78 is 0. The molecule has 0 aromatic carbocycles. The van der Waals surface area contributed by atoms with Crippen molar-refractivity contribution < 1.29 is 14.7 Å². The highest BCUT2D eigenvalue weighted by atomic mass is 16.4. The molecule has 120 valence electrons. The fourth-order valence-corrected chi connectivity index (χ4v) is 3.90. The number of aliphatic carboxylic acids is 1. The zero-order valence-corrected chi connectivity index (χ0v) is 13.4. The second-order valence-electron chi connectivity index (χ2n) is 7.22. The number of hydrogen-bond acceptors (Lipinski definition) is 2. The lowest BCUT2D eigenvalue weighted by atomic mass is 9.76. The smallest absolute Gasteiger partial charge is 0.303 e. The summed E-state index contributed by atoms with van der Waals surface area (Å²) in [5.74, 6) is 1.60. The second-order valence-corrected chi connectivity index (χ2v) is 7.22. The van der Waals surface area contributed by atoms with E-state index in [2.05, 4.69) is 13.8 Å². The van der Waals surface area contributed by atoms with Crippen LogP contribution in [0.1, 0.15) is 58.8 Å². The molecule has 0 bridgehead atoms. The number of carboxylic acid groups (broad SMARTS) is 1. The summed E-state index contributed by atoms with van der Waals surface area (Å²) in [5, 5.41) is 8.83. The summed E-state index contributed by atoms with van der Waals surface area (Å²) in [7, 11) is 0. The third-order valence-electron chi connectivity index (χ3n) is 5.45. The molecule has 2 fully saturated rings. The molecule has 1 N–H and O–H groups in total. The molecule has 1 aliphatic carbocycles. The highest BCUT2D eigenvalue weighted by Crippen LogP contribution is 2.34. The average Bonchev–Trinajstić information content (AvgIpc) is 2.47. The maximum atomic E-state index is 12.6. The third kappa shape index (κ3) is 4.45. The Kier molecular flexibility index (Phi) is 5.65. The average molecular weight is 295 g/mol. The van der Waals surface area contributed by atoms with Crippen molar-refractivity contribution in [1.29, 1.82) is 0 Å². The van der Waals surface area contributed by atoms with Gasteiger partial charge >= 0.3 is 5.97 Å². The number of hydrogen-bond donors (Lipinski definition) is 1. The molecule has 0 atom stereocenters. The number of likely N-dealkylation sites (tertiary alicyclic amines) is 1. The number of carbonyl (C=O) groups is 2. The Morgan fingerprint density at radius 2 is 1.62 bits per heavy atom. The van der Waals surface area contributed by atoms with Crippen LogP contribution in [0.15, 0.2) is 0 Å². The first-order valence-electron chi connectivity index (χ1n) is 8.48. The standard InChI is InChI=1S/C17H29NO3/c1-12(2)14-3-5-15(6-4-14)17(21)18-9-7-13(8-10-18)11-16(19)20/h12-15H,3-11H2,1-2H3,(H,19,20). The highest BCUT2D eigenvalue weighted by Gasteiger charge is 2.32. The van der Waals surface area contributed by atoms with Crippen LogP contribution >= 0.6 is 0 Å². The van der Waals surface area contributed by atoms with Crippen LogP contribution in [0.2, 0.25) is 0 Å². The minimum Gasteiger partial charge on any atom is -0.481 e. The van der Waals surface area contributed by atoms with Gasteiger partial charge in [0, 0.05) is 25.4 Å². The number of rotatable bonds is 4. The SMILES string of the molecule is CC(C)C1CCC(C(=O)N2CCC(CC(=O)O)CC2)CC1. The first-order chi connectivity index (χ1) is 9.97. The van der Waals surface area contributed by atoms with Gasteiger partial charge in [0.25, 0.3) is 0 Å². The van der Waals surface area contributed by atoms with Crippen molar-refractivity contribution in [3.8, 4) is 0 Å². The molecule has 1 heterocycles. The van der Waals surface area contributed by atoms with E-state index in [9.17, 15) is 9.59 Å². The minimum atomic E-state index is -0.716. The second kappa shape index (κ2) is 7.28. The first-order valence-corrected chi connectivity index (χ1v) is 8.48. The summed E-state index contributed by atoms with van der Waals surface area (Å²) >= 11 is 0. The molecule has 4 heteroatoms. The molecule has 2 aliphatic rings. The molecule has 0 aromatic rings. The van der Waals surface area contributed by atoms with Crippen LogP contribution in [0.3, 0.4) is 0 Å². The lowest BCUT2D eigenvalue weighted by molar-refractivity contribution is -0.140. The van der Waals surface area contributed by atoms with Crippen molar-refractivity contribution >= 4 is 11.9 Å². The van der Waals surface area contributed by atoms with Gasteiger partial charge in [-0.2, -0.15) is 0 Å². The van der Waals surface area contributed by atoms with Crippen molar-refractivity contribution in [1.82, 2.24) is 4.90 Å². The molecule has 1 amide bonds. The van der Waals surface area contributed by atoms with Gasteiger partial charge in [-0.3, -0.25) is 9.59 Å². The molecule has 21 heavy (non-hydrogen) atoms. The fourth-order valence-electron chi connectivity index (χ4n) is 3.90. The Labute approximate surface area is 127 Å². The van der Waals surface area contributed by atoms with Crippen molar-refractivity contribution in [2.75, 3.05) is 13.1 Å². The van der Waals surface area contributed by atoms with Gasteiger partial charge in [-0.1, -0.05) is 13.8 Å². The van der Waals surface area contributed by atoms with E-state index in [1.807, 2.05) is 4.90 Å². The van der Waals surface area contributed by atoms with E-state index in [0.717, 1.165) is 50.6 Å². The maximum Gasteiger partial charge on any atom is 0.303 e. The fraction of sp³-hybridized carbons (Fsp3) is 0.882. The Hall–Kier alpha value is -1.06. The quantitative estimate of drug-likeness (QED) is 0.866. The van der Waals surface area contributed by atoms with Crippen molar-refractivity contribution in [3.05, 3.63) is 0 Å². The number of amides is 1. The topological polar surface area (TPSA) is 57.6 Å². The molecule has 0 aromatic heterocycles. The Bertz CT molecular complexity index is 364.